The van der Waals surface area contributed by atoms with E-state index in [0.29, 0.717) is 0 Å². The Hall–Kier alpha value is -2.09. The molecule has 0 atom stereocenters. The average Bonchev–Trinajstić information content (AvgIpc) is 2.83. The minimum absolute atomic E-state index is 0.0162. The van der Waals surface area contributed by atoms with Crippen LogP contribution < -0.4 is 5.32 Å². The zero-order valence-electron chi connectivity index (χ0n) is 10.1. The second-order valence-electron chi connectivity index (χ2n) is 3.87. The van der Waals surface area contributed by atoms with Gasteiger partial charge in [0, 0.05) is 6.92 Å². The fraction of sp³-hybridized carbons (Fsp3) is 0.182. The Balaban J connectivity index is 2.65. The maximum atomic E-state index is 12.8. The van der Waals surface area contributed by atoms with Crippen LogP contribution in [0, 0.1) is 0 Å². The lowest BCUT2D eigenvalue weighted by atomic mass is 10.1. The van der Waals surface area contributed by atoms with Crippen LogP contribution in [0.3, 0.4) is 0 Å². The Bertz CT molecular complexity index is 640. The van der Waals surface area contributed by atoms with Crippen molar-refractivity contribution in [1.29, 1.82) is 0 Å². The second-order valence-corrected chi connectivity index (χ2v) is 4.28. The number of halogens is 4. The first kappa shape index (κ1) is 14.3. The van der Waals surface area contributed by atoms with Gasteiger partial charge in [-0.1, -0.05) is 11.6 Å². The molecular formula is C11H8ClF3N4O. The maximum absolute atomic E-state index is 12.8. The van der Waals surface area contributed by atoms with Crippen LogP contribution in [0.25, 0.3) is 5.69 Å². The van der Waals surface area contributed by atoms with E-state index in [2.05, 4.69) is 15.4 Å². The van der Waals surface area contributed by atoms with Crippen molar-refractivity contribution < 1.29 is 18.0 Å². The molecule has 0 fully saturated rings. The van der Waals surface area contributed by atoms with Gasteiger partial charge in [-0.3, -0.25) is 4.79 Å². The van der Waals surface area contributed by atoms with Gasteiger partial charge >= 0.3 is 6.18 Å². The molecule has 1 aromatic heterocycles. The summed E-state index contributed by atoms with van der Waals surface area (Å²) in [4.78, 5) is 14.8. The third-order valence-corrected chi connectivity index (χ3v) is 2.66. The van der Waals surface area contributed by atoms with Crippen molar-refractivity contribution in [2.45, 2.75) is 13.1 Å². The van der Waals surface area contributed by atoms with E-state index in [1.54, 1.807) is 0 Å². The van der Waals surface area contributed by atoms with E-state index >= 15 is 0 Å². The fourth-order valence-corrected chi connectivity index (χ4v) is 1.83. The molecule has 1 N–H and O–H groups in total. The third kappa shape index (κ3) is 2.90. The summed E-state index contributed by atoms with van der Waals surface area (Å²) in [6.45, 7) is 1.22. The van der Waals surface area contributed by atoms with Gasteiger partial charge in [0.05, 0.1) is 22.0 Å². The van der Waals surface area contributed by atoms with Crippen molar-refractivity contribution in [2.75, 3.05) is 5.32 Å². The predicted octanol–water partition coefficient (Wildman–Crippen LogP) is 2.90. The van der Waals surface area contributed by atoms with Gasteiger partial charge in [-0.25, -0.2) is 9.67 Å². The van der Waals surface area contributed by atoms with E-state index in [9.17, 15) is 18.0 Å². The number of hydrogen-bond acceptors (Lipinski definition) is 3. The quantitative estimate of drug-likeness (QED) is 0.928. The number of hydrogen-bond donors (Lipinski definition) is 1. The highest BCUT2D eigenvalue weighted by Gasteiger charge is 2.32. The lowest BCUT2D eigenvalue weighted by Gasteiger charge is -2.15. The highest BCUT2D eigenvalue weighted by Crippen LogP contribution is 2.37. The number of amides is 1. The van der Waals surface area contributed by atoms with Crippen LogP contribution in [-0.2, 0) is 11.0 Å². The summed E-state index contributed by atoms with van der Waals surface area (Å²) in [7, 11) is 0. The first-order valence-corrected chi connectivity index (χ1v) is 5.70. The lowest BCUT2D eigenvalue weighted by molar-refractivity contribution is -0.137. The van der Waals surface area contributed by atoms with E-state index in [1.807, 2.05) is 0 Å². The van der Waals surface area contributed by atoms with Crippen LogP contribution in [-0.4, -0.2) is 20.7 Å². The van der Waals surface area contributed by atoms with Gasteiger partial charge in [-0.15, -0.1) is 0 Å². The Kier molecular flexibility index (Phi) is 3.67. The van der Waals surface area contributed by atoms with E-state index in [-0.39, 0.29) is 16.4 Å². The zero-order valence-corrected chi connectivity index (χ0v) is 10.8. The Morgan fingerprint density at radius 1 is 1.40 bits per heavy atom. The topological polar surface area (TPSA) is 59.8 Å². The molecule has 0 unspecified atom stereocenters. The molecule has 106 valence electrons. The van der Waals surface area contributed by atoms with Gasteiger partial charge in [-0.2, -0.15) is 18.3 Å². The first-order valence-electron chi connectivity index (χ1n) is 5.32. The molecule has 0 aliphatic heterocycles. The molecule has 1 heterocycles. The molecule has 1 amide bonds. The summed E-state index contributed by atoms with van der Waals surface area (Å²) in [5.41, 5.74) is -0.919. The van der Waals surface area contributed by atoms with Crippen molar-refractivity contribution in [3.8, 4) is 5.69 Å². The smallest absolute Gasteiger partial charge is 0.323 e. The van der Waals surface area contributed by atoms with Gasteiger partial charge in [0.15, 0.2) is 0 Å². The highest BCUT2D eigenvalue weighted by molar-refractivity contribution is 6.34. The molecule has 0 aliphatic rings. The zero-order chi connectivity index (χ0) is 14.9. The minimum Gasteiger partial charge on any atom is -0.323 e. The van der Waals surface area contributed by atoms with Crippen LogP contribution >= 0.6 is 11.6 Å². The van der Waals surface area contributed by atoms with Crippen molar-refractivity contribution in [3.05, 3.63) is 35.4 Å². The highest BCUT2D eigenvalue weighted by atomic mass is 35.5. The van der Waals surface area contributed by atoms with Gasteiger partial charge in [0.2, 0.25) is 5.91 Å². The monoisotopic (exact) mass is 304 g/mol. The number of alkyl halides is 3. The molecule has 0 aliphatic carbocycles. The van der Waals surface area contributed by atoms with Crippen LogP contribution in [0.5, 0.6) is 0 Å². The van der Waals surface area contributed by atoms with Gasteiger partial charge in [0.25, 0.3) is 0 Å². The molecule has 0 bridgehead atoms. The number of rotatable bonds is 2. The van der Waals surface area contributed by atoms with E-state index < -0.39 is 17.6 Å². The van der Waals surface area contributed by atoms with E-state index in [4.69, 9.17) is 11.6 Å². The second kappa shape index (κ2) is 5.12. The van der Waals surface area contributed by atoms with Gasteiger partial charge < -0.3 is 5.32 Å². The van der Waals surface area contributed by atoms with E-state index in [0.717, 1.165) is 23.1 Å². The van der Waals surface area contributed by atoms with Crippen LogP contribution in [0.2, 0.25) is 5.02 Å². The minimum atomic E-state index is -4.56. The first-order chi connectivity index (χ1) is 9.29. The number of carbonyl (C=O) groups is 1. The third-order valence-electron chi connectivity index (χ3n) is 2.36. The van der Waals surface area contributed by atoms with Crippen molar-refractivity contribution in [3.63, 3.8) is 0 Å². The molecule has 20 heavy (non-hydrogen) atoms. The fourth-order valence-electron chi connectivity index (χ4n) is 1.57. The van der Waals surface area contributed by atoms with Crippen molar-refractivity contribution in [1.82, 2.24) is 14.8 Å². The molecule has 0 saturated heterocycles. The number of benzene rings is 1. The molecule has 9 heteroatoms. The molecular weight excluding hydrogens is 297 g/mol. The number of anilines is 1. The van der Waals surface area contributed by atoms with Crippen LogP contribution in [0.15, 0.2) is 24.8 Å². The summed E-state index contributed by atoms with van der Waals surface area (Å²) in [6, 6.07) is 1.58. The summed E-state index contributed by atoms with van der Waals surface area (Å²) >= 11 is 5.83. The Morgan fingerprint density at radius 3 is 2.60 bits per heavy atom. The van der Waals surface area contributed by atoms with Crippen LogP contribution in [0.4, 0.5) is 18.9 Å². The predicted molar refractivity (Wildman–Crippen MR) is 65.7 cm³/mol. The SMILES string of the molecule is CC(=O)Nc1c(Cl)cc(C(F)(F)F)cc1-n1cncn1. The van der Waals surface area contributed by atoms with E-state index in [1.165, 1.54) is 13.3 Å². The van der Waals surface area contributed by atoms with Gasteiger partial charge in [-0.05, 0) is 12.1 Å². The Labute approximate surface area is 116 Å². The summed E-state index contributed by atoms with van der Waals surface area (Å²) in [6.07, 6.45) is -2.20. The molecule has 0 spiro atoms. The standard InChI is InChI=1S/C11H8ClF3N4O/c1-6(20)18-10-8(12)2-7(11(13,14)15)3-9(10)19-5-16-4-17-19/h2-5H,1H3,(H,18,20). The van der Waals surface area contributed by atoms with Crippen molar-refractivity contribution in [2.24, 2.45) is 0 Å². The van der Waals surface area contributed by atoms with Crippen LogP contribution in [0.1, 0.15) is 12.5 Å². The molecule has 0 radical (unpaired) electrons. The lowest BCUT2D eigenvalue weighted by Crippen LogP contribution is -2.13. The number of aromatic nitrogens is 3. The molecule has 0 saturated carbocycles. The number of nitrogens with zero attached hydrogens (tertiary/aromatic N) is 3. The maximum Gasteiger partial charge on any atom is 0.416 e. The molecule has 2 aromatic rings. The normalized spacial score (nSPS) is 11.4. The molecule has 5 nitrogen and oxygen atoms in total. The van der Waals surface area contributed by atoms with Crippen molar-refractivity contribution >= 4 is 23.2 Å². The summed E-state index contributed by atoms with van der Waals surface area (Å²) in [5, 5.41) is 5.89. The molecule has 1 aromatic carbocycles. The van der Waals surface area contributed by atoms with Gasteiger partial charge in [0.1, 0.15) is 12.7 Å². The largest absolute Gasteiger partial charge is 0.416 e. The average molecular weight is 305 g/mol. The molecule has 2 rings (SSSR count). The summed E-state index contributed by atoms with van der Waals surface area (Å²) in [5.74, 6) is -0.465. The number of carbonyl (C=O) groups excluding carboxylic acids is 1. The number of nitrogens with one attached hydrogen (secondary N) is 1. The summed E-state index contributed by atoms with van der Waals surface area (Å²) < 4.78 is 39.5. The Morgan fingerprint density at radius 2 is 2.10 bits per heavy atom.